The first kappa shape index (κ1) is 20.0. The fraction of sp³-hybridized carbons (Fsp3) is 0.500. The first-order chi connectivity index (χ1) is 14.9. The van der Waals surface area contributed by atoms with Gasteiger partial charge in [0, 0.05) is 32.2 Å². The van der Waals surface area contributed by atoms with E-state index in [4.69, 9.17) is 0 Å². The third-order valence-corrected chi connectivity index (χ3v) is 7.77. The molecular formula is C28H36N2. The number of hydrogen-bond acceptors (Lipinski definition) is 2. The molecule has 2 saturated heterocycles. The standard InChI is InChI=1S/C28H36N2/c1-3-10-24(11-4-1)28(25-12-5-2-6-13-25)26-15-18-29(19-16-26)21-22-30-20-17-23-9-7-8-14-27(23)30/h1-6,10-13,23,27H,7-9,14-22H2. The van der Waals surface area contributed by atoms with Crippen LogP contribution >= 0.6 is 0 Å². The van der Waals surface area contributed by atoms with Crippen LogP contribution in [0, 0.1) is 5.92 Å². The van der Waals surface area contributed by atoms with E-state index in [0.717, 1.165) is 12.0 Å². The maximum absolute atomic E-state index is 2.83. The zero-order valence-electron chi connectivity index (χ0n) is 18.3. The van der Waals surface area contributed by atoms with Crippen LogP contribution in [0.3, 0.4) is 0 Å². The molecule has 2 aromatic rings. The van der Waals surface area contributed by atoms with E-state index in [-0.39, 0.29) is 0 Å². The Labute approximate surface area is 182 Å². The molecule has 3 aliphatic rings. The molecule has 2 aromatic carbocycles. The summed E-state index contributed by atoms with van der Waals surface area (Å²) in [7, 11) is 0. The Morgan fingerprint density at radius 2 is 1.33 bits per heavy atom. The summed E-state index contributed by atoms with van der Waals surface area (Å²) in [4.78, 5) is 5.54. The highest BCUT2D eigenvalue weighted by Crippen LogP contribution is 2.36. The van der Waals surface area contributed by atoms with E-state index in [0.29, 0.717) is 0 Å². The summed E-state index contributed by atoms with van der Waals surface area (Å²) in [5.74, 6) is 1.01. The van der Waals surface area contributed by atoms with Gasteiger partial charge < -0.3 is 4.90 Å². The molecule has 158 valence electrons. The monoisotopic (exact) mass is 400 g/mol. The summed E-state index contributed by atoms with van der Waals surface area (Å²) in [5.41, 5.74) is 5.85. The maximum atomic E-state index is 2.83. The Balaban J connectivity index is 1.24. The number of benzene rings is 2. The van der Waals surface area contributed by atoms with Gasteiger partial charge in [0.1, 0.15) is 0 Å². The zero-order chi connectivity index (χ0) is 20.2. The van der Waals surface area contributed by atoms with E-state index in [2.05, 4.69) is 70.5 Å². The Bertz CT molecular complexity index is 790. The normalized spacial score (nSPS) is 25.3. The van der Waals surface area contributed by atoms with Crippen molar-refractivity contribution in [2.24, 2.45) is 5.92 Å². The minimum atomic E-state index is 0.904. The molecule has 3 fully saturated rings. The van der Waals surface area contributed by atoms with E-state index in [1.807, 2.05) is 0 Å². The average molecular weight is 401 g/mol. The molecule has 0 N–H and O–H groups in total. The van der Waals surface area contributed by atoms with Crippen LogP contribution in [0.15, 0.2) is 66.2 Å². The van der Waals surface area contributed by atoms with Crippen molar-refractivity contribution in [3.05, 3.63) is 77.4 Å². The molecule has 2 nitrogen and oxygen atoms in total. The van der Waals surface area contributed by atoms with E-state index < -0.39 is 0 Å². The summed E-state index contributed by atoms with van der Waals surface area (Å²) in [5, 5.41) is 0. The van der Waals surface area contributed by atoms with Gasteiger partial charge in [-0.1, -0.05) is 79.1 Å². The number of piperidine rings is 1. The van der Waals surface area contributed by atoms with Gasteiger partial charge in [0.15, 0.2) is 0 Å². The lowest BCUT2D eigenvalue weighted by Crippen LogP contribution is -2.42. The summed E-state index contributed by atoms with van der Waals surface area (Å²) < 4.78 is 0. The number of likely N-dealkylation sites (tertiary alicyclic amines) is 2. The molecule has 0 spiro atoms. The summed E-state index contributed by atoms with van der Waals surface area (Å²) in [6.07, 6.45) is 9.72. The van der Waals surface area contributed by atoms with Crippen molar-refractivity contribution < 1.29 is 0 Å². The van der Waals surface area contributed by atoms with Crippen molar-refractivity contribution in [3.63, 3.8) is 0 Å². The molecule has 30 heavy (non-hydrogen) atoms. The zero-order valence-corrected chi connectivity index (χ0v) is 18.3. The van der Waals surface area contributed by atoms with Crippen molar-refractivity contribution in [2.75, 3.05) is 32.7 Å². The molecule has 5 rings (SSSR count). The Kier molecular flexibility index (Phi) is 6.34. The maximum Gasteiger partial charge on any atom is 0.0124 e. The molecule has 0 amide bonds. The highest BCUT2D eigenvalue weighted by molar-refractivity contribution is 5.82. The van der Waals surface area contributed by atoms with Gasteiger partial charge in [-0.2, -0.15) is 0 Å². The van der Waals surface area contributed by atoms with E-state index in [9.17, 15) is 0 Å². The molecule has 0 aromatic heterocycles. The van der Waals surface area contributed by atoms with Gasteiger partial charge in [0.25, 0.3) is 0 Å². The van der Waals surface area contributed by atoms with Crippen LogP contribution in [0.4, 0.5) is 0 Å². The van der Waals surface area contributed by atoms with E-state index in [1.165, 1.54) is 94.4 Å². The molecule has 2 aliphatic heterocycles. The predicted molar refractivity (Wildman–Crippen MR) is 127 cm³/mol. The van der Waals surface area contributed by atoms with E-state index in [1.54, 1.807) is 5.57 Å². The van der Waals surface area contributed by atoms with Crippen LogP contribution in [0.25, 0.3) is 5.57 Å². The van der Waals surface area contributed by atoms with Crippen molar-refractivity contribution in [2.45, 2.75) is 51.0 Å². The minimum Gasteiger partial charge on any atom is -0.301 e. The SMILES string of the molecule is c1ccc(C(=C2CCN(CCN3CCC4CCCCC43)CC2)c2ccccc2)cc1. The fourth-order valence-electron chi connectivity index (χ4n) is 6.13. The first-order valence-electron chi connectivity index (χ1n) is 12.2. The Morgan fingerprint density at radius 1 is 0.700 bits per heavy atom. The summed E-state index contributed by atoms with van der Waals surface area (Å²) in [6, 6.07) is 22.9. The smallest absolute Gasteiger partial charge is 0.0124 e. The average Bonchev–Trinajstić information content (AvgIpc) is 3.23. The van der Waals surface area contributed by atoms with Crippen LogP contribution in [0.2, 0.25) is 0 Å². The molecular weight excluding hydrogens is 364 g/mol. The second-order valence-electron chi connectivity index (χ2n) is 9.49. The van der Waals surface area contributed by atoms with Crippen molar-refractivity contribution in [1.82, 2.24) is 9.80 Å². The molecule has 0 bridgehead atoms. The van der Waals surface area contributed by atoms with Gasteiger partial charge in [-0.15, -0.1) is 0 Å². The Hall–Kier alpha value is -1.90. The molecule has 1 saturated carbocycles. The minimum absolute atomic E-state index is 0.904. The van der Waals surface area contributed by atoms with Gasteiger partial charge in [-0.25, -0.2) is 0 Å². The highest BCUT2D eigenvalue weighted by atomic mass is 15.2. The van der Waals surface area contributed by atoms with Gasteiger partial charge in [0.05, 0.1) is 0 Å². The van der Waals surface area contributed by atoms with E-state index >= 15 is 0 Å². The highest BCUT2D eigenvalue weighted by Gasteiger charge is 2.35. The van der Waals surface area contributed by atoms with Crippen LogP contribution in [-0.4, -0.2) is 48.6 Å². The number of fused-ring (bicyclic) bond motifs is 1. The van der Waals surface area contributed by atoms with Gasteiger partial charge in [-0.3, -0.25) is 4.90 Å². The van der Waals surface area contributed by atoms with Crippen LogP contribution < -0.4 is 0 Å². The topological polar surface area (TPSA) is 6.48 Å². The van der Waals surface area contributed by atoms with Crippen LogP contribution in [-0.2, 0) is 0 Å². The van der Waals surface area contributed by atoms with Crippen LogP contribution in [0.5, 0.6) is 0 Å². The largest absolute Gasteiger partial charge is 0.301 e. The Morgan fingerprint density at radius 3 is 2.00 bits per heavy atom. The number of hydrogen-bond donors (Lipinski definition) is 0. The summed E-state index contributed by atoms with van der Waals surface area (Å²) in [6.45, 7) is 6.30. The summed E-state index contributed by atoms with van der Waals surface area (Å²) >= 11 is 0. The predicted octanol–water partition coefficient (Wildman–Crippen LogP) is 5.85. The lowest BCUT2D eigenvalue weighted by atomic mass is 9.85. The third-order valence-electron chi connectivity index (χ3n) is 7.77. The quantitative estimate of drug-likeness (QED) is 0.621. The van der Waals surface area contributed by atoms with Crippen molar-refractivity contribution in [1.29, 1.82) is 0 Å². The molecule has 2 heterocycles. The molecule has 2 unspecified atom stereocenters. The molecule has 2 heteroatoms. The lowest BCUT2D eigenvalue weighted by Gasteiger charge is -2.35. The number of rotatable bonds is 5. The number of nitrogens with zero attached hydrogens (tertiary/aromatic N) is 2. The molecule has 0 radical (unpaired) electrons. The van der Waals surface area contributed by atoms with Crippen molar-refractivity contribution in [3.8, 4) is 0 Å². The fourth-order valence-corrected chi connectivity index (χ4v) is 6.13. The van der Waals surface area contributed by atoms with Gasteiger partial charge in [0.2, 0.25) is 0 Å². The molecule has 2 atom stereocenters. The molecule has 1 aliphatic carbocycles. The first-order valence-corrected chi connectivity index (χ1v) is 12.2. The van der Waals surface area contributed by atoms with Gasteiger partial charge >= 0.3 is 0 Å². The third kappa shape index (κ3) is 4.40. The second-order valence-corrected chi connectivity index (χ2v) is 9.49. The van der Waals surface area contributed by atoms with Crippen molar-refractivity contribution >= 4 is 5.57 Å². The second kappa shape index (κ2) is 9.49. The lowest BCUT2D eigenvalue weighted by molar-refractivity contribution is 0.151. The van der Waals surface area contributed by atoms with Gasteiger partial charge in [-0.05, 0) is 61.3 Å². The van der Waals surface area contributed by atoms with Crippen LogP contribution in [0.1, 0.15) is 56.1 Å².